The van der Waals surface area contributed by atoms with Crippen LogP contribution < -0.4 is 10.2 Å². The molecule has 4 rings (SSSR count). The van der Waals surface area contributed by atoms with Crippen LogP contribution in [0.5, 0.6) is 0 Å². The number of hydrogen-bond donors (Lipinski definition) is 1. The molecule has 1 fully saturated rings. The van der Waals surface area contributed by atoms with Crippen LogP contribution in [-0.2, 0) is 9.63 Å². The van der Waals surface area contributed by atoms with Crippen LogP contribution in [0, 0.1) is 6.92 Å². The van der Waals surface area contributed by atoms with E-state index in [4.69, 9.17) is 4.84 Å². The van der Waals surface area contributed by atoms with Crippen molar-refractivity contribution in [2.75, 3.05) is 23.3 Å². The molecular formula is C23H24N4O3. The Balaban J connectivity index is 1.50. The number of aromatic nitrogens is 1. The number of anilines is 2. The molecule has 1 aromatic heterocycles. The quantitative estimate of drug-likeness (QED) is 0.766. The van der Waals surface area contributed by atoms with Gasteiger partial charge in [0.2, 0.25) is 0 Å². The second-order valence-corrected chi connectivity index (χ2v) is 7.52. The first-order valence-corrected chi connectivity index (χ1v) is 10.2. The zero-order chi connectivity index (χ0) is 20.9. The highest BCUT2D eigenvalue weighted by molar-refractivity contribution is 6.07. The lowest BCUT2D eigenvalue weighted by molar-refractivity contribution is -0.107. The predicted octanol–water partition coefficient (Wildman–Crippen LogP) is 3.84. The molecule has 0 unspecified atom stereocenters. The van der Waals surface area contributed by atoms with E-state index in [0.717, 1.165) is 29.9 Å². The summed E-state index contributed by atoms with van der Waals surface area (Å²) in [6.45, 7) is 3.96. The maximum absolute atomic E-state index is 12.8. The molecule has 30 heavy (non-hydrogen) atoms. The molecule has 0 radical (unpaired) electrons. The number of allylic oxidation sites excluding steroid dienone is 2. The summed E-state index contributed by atoms with van der Waals surface area (Å²) in [7, 11) is 0. The number of benzene rings is 1. The smallest absolute Gasteiger partial charge is 0.257 e. The van der Waals surface area contributed by atoms with Gasteiger partial charge in [-0.15, -0.1) is 0 Å². The third kappa shape index (κ3) is 4.40. The number of rotatable bonds is 5. The summed E-state index contributed by atoms with van der Waals surface area (Å²) >= 11 is 0. The maximum Gasteiger partial charge on any atom is 0.257 e. The number of aryl methyl sites for hydroxylation is 1. The van der Waals surface area contributed by atoms with E-state index >= 15 is 0 Å². The Kier molecular flexibility index (Phi) is 5.88. The van der Waals surface area contributed by atoms with Crippen molar-refractivity contribution >= 4 is 29.3 Å². The Morgan fingerprint density at radius 1 is 1.17 bits per heavy atom. The molecule has 0 spiro atoms. The molecule has 2 aliphatic rings. The summed E-state index contributed by atoms with van der Waals surface area (Å²) in [6, 6.07) is 7.55. The molecule has 2 aromatic rings. The molecular weight excluding hydrogens is 380 g/mol. The van der Waals surface area contributed by atoms with Gasteiger partial charge in [-0.1, -0.05) is 11.2 Å². The van der Waals surface area contributed by atoms with Crippen LogP contribution in [0.2, 0.25) is 0 Å². The number of nitrogens with one attached hydrogen (secondary N) is 1. The number of nitrogens with zero attached hydrogens (tertiary/aromatic N) is 3. The molecule has 1 saturated heterocycles. The highest BCUT2D eigenvalue weighted by Gasteiger charge is 2.16. The predicted molar refractivity (Wildman–Crippen MR) is 116 cm³/mol. The van der Waals surface area contributed by atoms with Crippen LogP contribution in [0.3, 0.4) is 0 Å². The van der Waals surface area contributed by atoms with Gasteiger partial charge >= 0.3 is 0 Å². The van der Waals surface area contributed by atoms with E-state index in [1.807, 2.05) is 37.4 Å². The molecule has 0 saturated carbocycles. The lowest BCUT2D eigenvalue weighted by atomic mass is 10.0. The topological polar surface area (TPSA) is 83.9 Å². The van der Waals surface area contributed by atoms with Crippen LogP contribution in [0.15, 0.2) is 53.7 Å². The van der Waals surface area contributed by atoms with Gasteiger partial charge in [0, 0.05) is 37.0 Å². The van der Waals surface area contributed by atoms with Gasteiger partial charge in [0.15, 0.2) is 12.0 Å². The number of piperidine rings is 1. The monoisotopic (exact) mass is 404 g/mol. The average Bonchev–Trinajstić information content (AvgIpc) is 2.81. The highest BCUT2D eigenvalue weighted by atomic mass is 16.6. The van der Waals surface area contributed by atoms with Crippen LogP contribution in [0.1, 0.15) is 47.2 Å². The van der Waals surface area contributed by atoms with Crippen molar-refractivity contribution in [3.8, 4) is 0 Å². The van der Waals surface area contributed by atoms with Crippen molar-refractivity contribution in [2.45, 2.75) is 32.6 Å². The molecule has 1 aromatic carbocycles. The van der Waals surface area contributed by atoms with Gasteiger partial charge in [-0.2, -0.15) is 0 Å². The summed E-state index contributed by atoms with van der Waals surface area (Å²) < 4.78 is 0. The lowest BCUT2D eigenvalue weighted by Crippen LogP contribution is -2.29. The first-order valence-electron chi connectivity index (χ1n) is 10.2. The zero-order valence-electron chi connectivity index (χ0n) is 16.9. The molecule has 1 amide bonds. The van der Waals surface area contributed by atoms with Gasteiger partial charge in [0.05, 0.1) is 23.2 Å². The number of hydrogen-bond acceptors (Lipinski definition) is 6. The zero-order valence-corrected chi connectivity index (χ0v) is 16.9. The fourth-order valence-corrected chi connectivity index (χ4v) is 3.70. The lowest BCUT2D eigenvalue weighted by Gasteiger charge is -2.28. The fraction of sp³-hybridized carbons (Fsp3) is 0.304. The number of carbonyl (C=O) groups is 2. The summed E-state index contributed by atoms with van der Waals surface area (Å²) in [5.41, 5.74) is 4.76. The summed E-state index contributed by atoms with van der Waals surface area (Å²) in [5, 5.41) is 6.99. The number of pyridine rings is 1. The van der Waals surface area contributed by atoms with E-state index in [1.54, 1.807) is 12.3 Å². The summed E-state index contributed by atoms with van der Waals surface area (Å²) in [4.78, 5) is 35.3. The molecule has 0 aliphatic carbocycles. The van der Waals surface area contributed by atoms with Crippen molar-refractivity contribution in [3.05, 3.63) is 65.2 Å². The molecule has 7 nitrogen and oxygen atoms in total. The van der Waals surface area contributed by atoms with Gasteiger partial charge in [-0.3, -0.25) is 14.6 Å². The normalized spacial score (nSPS) is 16.2. The minimum absolute atomic E-state index is 0.207. The Morgan fingerprint density at radius 2 is 2.00 bits per heavy atom. The van der Waals surface area contributed by atoms with E-state index in [2.05, 4.69) is 20.4 Å². The van der Waals surface area contributed by atoms with E-state index in [-0.39, 0.29) is 11.7 Å². The van der Waals surface area contributed by atoms with Crippen LogP contribution in [-0.4, -0.2) is 36.0 Å². The third-order valence-electron chi connectivity index (χ3n) is 5.39. The molecule has 7 heteroatoms. The Bertz CT molecular complexity index is 1020. The van der Waals surface area contributed by atoms with Crippen LogP contribution >= 0.6 is 0 Å². The van der Waals surface area contributed by atoms with Crippen LogP contribution in [0.25, 0.3) is 0 Å². The third-order valence-corrected chi connectivity index (χ3v) is 5.39. The van der Waals surface area contributed by atoms with Gasteiger partial charge in [-0.05, 0) is 56.0 Å². The minimum atomic E-state index is -0.207. The number of oxime groups is 1. The highest BCUT2D eigenvalue weighted by Crippen LogP contribution is 2.23. The van der Waals surface area contributed by atoms with E-state index in [1.165, 1.54) is 19.3 Å². The first kappa shape index (κ1) is 19.8. The van der Waals surface area contributed by atoms with E-state index in [0.29, 0.717) is 29.7 Å². The van der Waals surface area contributed by atoms with Crippen molar-refractivity contribution in [3.63, 3.8) is 0 Å². The minimum Gasteiger partial charge on any atom is -0.370 e. The number of aldehydes is 1. The van der Waals surface area contributed by atoms with Crippen LogP contribution in [0.4, 0.5) is 11.4 Å². The number of amides is 1. The van der Waals surface area contributed by atoms with Crippen molar-refractivity contribution in [1.82, 2.24) is 4.98 Å². The SMILES string of the molecule is Cc1ccc(NC(=O)c2cncc(N3CCCCC3)c2)cc1C1=NOC(C=O)=CC1. The molecule has 0 atom stereocenters. The molecule has 2 aliphatic heterocycles. The number of carbonyl (C=O) groups excluding carboxylic acids is 2. The van der Waals surface area contributed by atoms with Gasteiger partial charge in [0.25, 0.3) is 5.91 Å². The van der Waals surface area contributed by atoms with Crippen molar-refractivity contribution in [2.24, 2.45) is 5.16 Å². The van der Waals surface area contributed by atoms with Gasteiger partial charge in [-0.25, -0.2) is 0 Å². The molecule has 154 valence electrons. The Labute approximate surface area is 175 Å². The standard InChI is InChI=1S/C23H24N4O3/c1-16-5-6-18(12-21(16)22-8-7-20(15-28)30-26-22)25-23(29)17-11-19(14-24-13-17)27-9-3-2-4-10-27/h5-7,11-15H,2-4,8-10H2,1H3,(H,25,29). The van der Waals surface area contributed by atoms with E-state index < -0.39 is 0 Å². The van der Waals surface area contributed by atoms with Crippen molar-refractivity contribution < 1.29 is 14.4 Å². The Morgan fingerprint density at radius 3 is 2.73 bits per heavy atom. The molecule has 1 N–H and O–H groups in total. The molecule has 0 bridgehead atoms. The fourth-order valence-electron chi connectivity index (χ4n) is 3.70. The first-order chi connectivity index (χ1) is 14.6. The Hall–Kier alpha value is -3.48. The van der Waals surface area contributed by atoms with Gasteiger partial charge in [0.1, 0.15) is 0 Å². The van der Waals surface area contributed by atoms with E-state index in [9.17, 15) is 9.59 Å². The largest absolute Gasteiger partial charge is 0.370 e. The maximum atomic E-state index is 12.8. The van der Waals surface area contributed by atoms with Gasteiger partial charge < -0.3 is 15.1 Å². The van der Waals surface area contributed by atoms with Crippen molar-refractivity contribution in [1.29, 1.82) is 0 Å². The second-order valence-electron chi connectivity index (χ2n) is 7.52. The summed E-state index contributed by atoms with van der Waals surface area (Å²) in [6.07, 6.45) is 9.81. The average molecular weight is 404 g/mol. The second kappa shape index (κ2) is 8.90. The molecule has 3 heterocycles. The summed E-state index contributed by atoms with van der Waals surface area (Å²) in [5.74, 6) is 0.00285.